The third-order valence-corrected chi connectivity index (χ3v) is 7.27. The molecule has 0 saturated carbocycles. The maximum Gasteiger partial charge on any atom is 0.165 e. The molecule has 8 heteroatoms. The summed E-state index contributed by atoms with van der Waals surface area (Å²) >= 11 is 0. The van der Waals surface area contributed by atoms with Crippen molar-refractivity contribution >= 4 is 17.0 Å². The fraction of sp³-hybridized carbons (Fsp3) is 0.194. The highest BCUT2D eigenvalue weighted by Gasteiger charge is 2.41. The fourth-order valence-corrected chi connectivity index (χ4v) is 5.31. The number of anilines is 1. The van der Waals surface area contributed by atoms with Crippen molar-refractivity contribution < 1.29 is 14.2 Å². The molecular formula is C31H29N5O3. The Morgan fingerprint density at radius 1 is 0.769 bits per heavy atom. The predicted octanol–water partition coefficient (Wildman–Crippen LogP) is 5.30. The van der Waals surface area contributed by atoms with Gasteiger partial charge in [0.25, 0.3) is 0 Å². The van der Waals surface area contributed by atoms with Crippen LogP contribution in [0.5, 0.6) is 11.5 Å². The first-order valence-electron chi connectivity index (χ1n) is 12.8. The molecule has 2 N–H and O–H groups in total. The van der Waals surface area contributed by atoms with Gasteiger partial charge in [-0.15, -0.1) is 0 Å². The van der Waals surface area contributed by atoms with Crippen molar-refractivity contribution in [1.82, 2.24) is 19.5 Å². The molecule has 0 aliphatic heterocycles. The first kappa shape index (κ1) is 24.6. The third-order valence-electron chi connectivity index (χ3n) is 7.27. The van der Waals surface area contributed by atoms with Crippen molar-refractivity contribution in [3.63, 3.8) is 0 Å². The number of hydrogen-bond donors (Lipinski definition) is 1. The summed E-state index contributed by atoms with van der Waals surface area (Å²) in [5.41, 5.74) is 9.44. The van der Waals surface area contributed by atoms with E-state index in [1.165, 1.54) is 6.33 Å². The highest BCUT2D eigenvalue weighted by atomic mass is 16.5. The van der Waals surface area contributed by atoms with Crippen molar-refractivity contribution in [2.45, 2.75) is 24.2 Å². The van der Waals surface area contributed by atoms with E-state index in [0.29, 0.717) is 23.4 Å². The standard InChI is InChI=1S/C31H29N5O3/c1-37-25-13-8-22(9-14-25)31(21-6-4-3-5-7-21,23-10-15-26(38-2)16-11-23)39-27-17-12-24(18-27)36-20-35-28-29(32)33-19-34-30(28)36/h3-17,19-20,24,27H,18H2,1-2H3,(H2,32,33,34)/t24-,27+/m0/s1. The molecule has 2 aromatic heterocycles. The van der Waals surface area contributed by atoms with E-state index in [1.54, 1.807) is 20.5 Å². The normalized spacial score (nSPS) is 17.0. The van der Waals surface area contributed by atoms with E-state index in [2.05, 4.69) is 63.5 Å². The Labute approximate surface area is 226 Å². The average molecular weight is 520 g/mol. The Bertz CT molecular complexity index is 1550. The summed E-state index contributed by atoms with van der Waals surface area (Å²) in [6.45, 7) is 0. The minimum Gasteiger partial charge on any atom is -0.497 e. The number of aromatic nitrogens is 4. The zero-order valence-corrected chi connectivity index (χ0v) is 21.8. The second-order valence-corrected chi connectivity index (χ2v) is 9.43. The zero-order valence-electron chi connectivity index (χ0n) is 21.8. The number of nitrogens with two attached hydrogens (primary N) is 1. The second kappa shape index (κ2) is 10.2. The number of imidazole rings is 1. The summed E-state index contributed by atoms with van der Waals surface area (Å²) in [4.78, 5) is 13.0. The van der Waals surface area contributed by atoms with Crippen LogP contribution in [0.2, 0.25) is 0 Å². The summed E-state index contributed by atoms with van der Waals surface area (Å²) in [6.07, 6.45) is 8.00. The number of benzene rings is 3. The van der Waals surface area contributed by atoms with Gasteiger partial charge in [-0.25, -0.2) is 15.0 Å². The van der Waals surface area contributed by atoms with E-state index < -0.39 is 5.60 Å². The Hall–Kier alpha value is -4.69. The highest BCUT2D eigenvalue weighted by molar-refractivity contribution is 5.81. The number of fused-ring (bicyclic) bond motifs is 1. The number of nitrogens with zero attached hydrogens (tertiary/aromatic N) is 4. The summed E-state index contributed by atoms with van der Waals surface area (Å²) in [6, 6.07) is 26.4. The van der Waals surface area contributed by atoms with E-state index in [-0.39, 0.29) is 12.1 Å². The molecule has 1 aliphatic rings. The minimum absolute atomic E-state index is 0.00880. The van der Waals surface area contributed by atoms with Gasteiger partial charge in [0.2, 0.25) is 0 Å². The van der Waals surface area contributed by atoms with E-state index >= 15 is 0 Å². The Balaban J connectivity index is 1.43. The molecule has 0 spiro atoms. The van der Waals surface area contributed by atoms with E-state index in [4.69, 9.17) is 19.9 Å². The smallest absolute Gasteiger partial charge is 0.165 e. The Morgan fingerprint density at radius 3 is 2.00 bits per heavy atom. The van der Waals surface area contributed by atoms with Crippen molar-refractivity contribution in [2.75, 3.05) is 20.0 Å². The van der Waals surface area contributed by atoms with Crippen LogP contribution < -0.4 is 15.2 Å². The average Bonchev–Trinajstić information content (AvgIpc) is 3.64. The highest BCUT2D eigenvalue weighted by Crippen LogP contribution is 2.44. The zero-order chi connectivity index (χ0) is 26.8. The van der Waals surface area contributed by atoms with Crippen molar-refractivity contribution in [3.8, 4) is 11.5 Å². The molecule has 1 aliphatic carbocycles. The van der Waals surface area contributed by atoms with Crippen LogP contribution in [-0.4, -0.2) is 39.8 Å². The van der Waals surface area contributed by atoms with Crippen molar-refractivity contribution in [1.29, 1.82) is 0 Å². The molecule has 0 saturated heterocycles. The molecule has 39 heavy (non-hydrogen) atoms. The van der Waals surface area contributed by atoms with Crippen LogP contribution in [0.25, 0.3) is 11.2 Å². The minimum atomic E-state index is -0.896. The molecule has 0 fully saturated rings. The van der Waals surface area contributed by atoms with Crippen LogP contribution in [0.4, 0.5) is 5.82 Å². The van der Waals surface area contributed by atoms with Gasteiger partial charge in [-0.1, -0.05) is 66.7 Å². The van der Waals surface area contributed by atoms with Crippen LogP contribution in [0.15, 0.2) is 104 Å². The van der Waals surface area contributed by atoms with Gasteiger partial charge in [-0.2, -0.15) is 0 Å². The molecule has 3 aromatic carbocycles. The van der Waals surface area contributed by atoms with Gasteiger partial charge < -0.3 is 24.5 Å². The topological polar surface area (TPSA) is 97.3 Å². The fourth-order valence-electron chi connectivity index (χ4n) is 5.31. The number of allylic oxidation sites excluding steroid dienone is 1. The molecule has 196 valence electrons. The largest absolute Gasteiger partial charge is 0.497 e. The van der Waals surface area contributed by atoms with Crippen molar-refractivity contribution in [2.24, 2.45) is 0 Å². The van der Waals surface area contributed by atoms with Crippen LogP contribution in [0.3, 0.4) is 0 Å². The summed E-state index contributed by atoms with van der Waals surface area (Å²) in [5.74, 6) is 1.93. The molecule has 6 rings (SSSR count). The van der Waals surface area contributed by atoms with Crippen LogP contribution in [0, 0.1) is 0 Å². The van der Waals surface area contributed by atoms with Gasteiger partial charge >= 0.3 is 0 Å². The van der Waals surface area contributed by atoms with Crippen molar-refractivity contribution in [3.05, 3.63) is 120 Å². The molecule has 0 radical (unpaired) electrons. The molecule has 2 atom stereocenters. The van der Waals surface area contributed by atoms with Crippen LogP contribution in [-0.2, 0) is 10.3 Å². The van der Waals surface area contributed by atoms with E-state index in [9.17, 15) is 0 Å². The van der Waals surface area contributed by atoms with Gasteiger partial charge in [0.15, 0.2) is 11.5 Å². The van der Waals surface area contributed by atoms with Gasteiger partial charge in [0.05, 0.1) is 32.7 Å². The van der Waals surface area contributed by atoms with Gasteiger partial charge in [0, 0.05) is 6.42 Å². The van der Waals surface area contributed by atoms with Gasteiger partial charge in [-0.05, 0) is 41.0 Å². The first-order valence-corrected chi connectivity index (χ1v) is 12.8. The van der Waals surface area contributed by atoms with Crippen LogP contribution >= 0.6 is 0 Å². The monoisotopic (exact) mass is 519 g/mol. The molecule has 0 amide bonds. The molecule has 8 nitrogen and oxygen atoms in total. The third kappa shape index (κ3) is 4.38. The Morgan fingerprint density at radius 2 is 1.38 bits per heavy atom. The number of methoxy groups -OCH3 is 2. The van der Waals surface area contributed by atoms with E-state index in [0.717, 1.165) is 28.2 Å². The SMILES string of the molecule is COc1ccc(C(O[C@@H]2C=C[C@H](n3cnc4c(N)ncnc43)C2)(c2ccccc2)c2ccc(OC)cc2)cc1. The Kier molecular flexibility index (Phi) is 6.46. The second-order valence-electron chi connectivity index (χ2n) is 9.43. The summed E-state index contributed by atoms with van der Waals surface area (Å²) in [7, 11) is 3.34. The number of hydrogen-bond acceptors (Lipinski definition) is 7. The molecular weight excluding hydrogens is 490 g/mol. The quantitative estimate of drug-likeness (QED) is 0.219. The van der Waals surface area contributed by atoms with Gasteiger partial charge in [0.1, 0.15) is 28.9 Å². The lowest BCUT2D eigenvalue weighted by Crippen LogP contribution is -2.36. The maximum atomic E-state index is 7.21. The molecule has 5 aromatic rings. The molecule has 2 heterocycles. The lowest BCUT2D eigenvalue weighted by atomic mass is 9.79. The summed E-state index contributed by atoms with van der Waals surface area (Å²) in [5, 5.41) is 0. The molecule has 0 unspecified atom stereocenters. The number of rotatable bonds is 8. The maximum absolute atomic E-state index is 7.21. The number of nitrogen functional groups attached to an aromatic ring is 1. The summed E-state index contributed by atoms with van der Waals surface area (Å²) < 4.78 is 20.2. The molecule has 0 bridgehead atoms. The van der Waals surface area contributed by atoms with E-state index in [1.807, 2.05) is 47.0 Å². The first-order chi connectivity index (χ1) is 19.1. The lowest BCUT2D eigenvalue weighted by molar-refractivity contribution is -0.0267. The lowest BCUT2D eigenvalue weighted by Gasteiger charge is -2.38. The number of ether oxygens (including phenoxy) is 3. The predicted molar refractivity (Wildman–Crippen MR) is 150 cm³/mol. The van der Waals surface area contributed by atoms with Gasteiger partial charge in [-0.3, -0.25) is 0 Å². The van der Waals surface area contributed by atoms with Crippen LogP contribution in [0.1, 0.15) is 29.2 Å².